The molecule has 0 bridgehead atoms. The lowest BCUT2D eigenvalue weighted by molar-refractivity contribution is 0.369. The van der Waals surface area contributed by atoms with Crippen molar-refractivity contribution in [3.05, 3.63) is 34.6 Å². The molecule has 16 heavy (non-hydrogen) atoms. The first-order chi connectivity index (χ1) is 7.79. The van der Waals surface area contributed by atoms with Gasteiger partial charge in [-0.25, -0.2) is 0 Å². The normalized spacial score (nSPS) is 10.6. The fraction of sp³-hybridized carbons (Fsp3) is 0.273. The molecule has 0 amide bonds. The molecule has 4 nitrogen and oxygen atoms in total. The summed E-state index contributed by atoms with van der Waals surface area (Å²) < 4.78 is 6.15. The number of nitrogens with one attached hydrogen (secondary N) is 1. The zero-order valence-corrected chi connectivity index (χ0v) is 10.5. The summed E-state index contributed by atoms with van der Waals surface area (Å²) in [5.74, 6) is 1.24. The van der Waals surface area contributed by atoms with Crippen molar-refractivity contribution < 1.29 is 4.52 Å². The number of nitrogens with zero attached hydrogens (tertiary/aromatic N) is 2. The number of benzene rings is 1. The summed E-state index contributed by atoms with van der Waals surface area (Å²) in [6.45, 7) is 3.53. The van der Waals surface area contributed by atoms with Crippen molar-refractivity contribution in [2.75, 3.05) is 6.54 Å². The number of halogens is 1. The highest BCUT2D eigenvalue weighted by atomic mass is 79.9. The Labute approximate surface area is 102 Å². The minimum Gasteiger partial charge on any atom is -0.338 e. The van der Waals surface area contributed by atoms with E-state index in [1.807, 2.05) is 31.2 Å². The number of aromatic nitrogens is 2. The predicted molar refractivity (Wildman–Crippen MR) is 64.8 cm³/mol. The maximum Gasteiger partial charge on any atom is 0.240 e. The summed E-state index contributed by atoms with van der Waals surface area (Å²) in [6, 6.07) is 7.81. The van der Waals surface area contributed by atoms with E-state index in [4.69, 9.17) is 4.52 Å². The third kappa shape index (κ3) is 2.68. The quantitative estimate of drug-likeness (QED) is 0.936. The molecule has 84 valence electrons. The number of hydrogen-bond donors (Lipinski definition) is 1. The zero-order chi connectivity index (χ0) is 11.4. The van der Waals surface area contributed by atoms with E-state index in [-0.39, 0.29) is 0 Å². The molecule has 0 unspecified atom stereocenters. The molecule has 0 saturated carbocycles. The zero-order valence-electron chi connectivity index (χ0n) is 8.90. The number of rotatable bonds is 4. The molecule has 0 atom stereocenters. The average Bonchev–Trinajstić information content (AvgIpc) is 2.76. The Hall–Kier alpha value is -1.20. The Morgan fingerprint density at radius 2 is 2.06 bits per heavy atom. The molecular weight excluding hydrogens is 270 g/mol. The lowest BCUT2D eigenvalue weighted by Gasteiger charge is -1.94. The highest BCUT2D eigenvalue weighted by Crippen LogP contribution is 2.18. The highest BCUT2D eigenvalue weighted by molar-refractivity contribution is 9.10. The Kier molecular flexibility index (Phi) is 3.69. The molecule has 0 saturated heterocycles. The monoisotopic (exact) mass is 281 g/mol. The second-order valence-electron chi connectivity index (χ2n) is 3.30. The molecule has 2 aromatic rings. The summed E-state index contributed by atoms with van der Waals surface area (Å²) in [7, 11) is 0. The second-order valence-corrected chi connectivity index (χ2v) is 4.21. The van der Waals surface area contributed by atoms with Crippen LogP contribution in [0.25, 0.3) is 11.4 Å². The second kappa shape index (κ2) is 5.23. The van der Waals surface area contributed by atoms with Gasteiger partial charge in [-0.1, -0.05) is 28.0 Å². The van der Waals surface area contributed by atoms with Crippen LogP contribution in [0.5, 0.6) is 0 Å². The number of hydrogen-bond acceptors (Lipinski definition) is 4. The van der Waals surface area contributed by atoms with E-state index >= 15 is 0 Å². The highest BCUT2D eigenvalue weighted by Gasteiger charge is 2.07. The standard InChI is InChI=1S/C11H12BrN3O/c1-2-13-7-10-14-11(15-16-10)8-3-5-9(12)6-4-8/h3-6,13H,2,7H2,1H3. The van der Waals surface area contributed by atoms with Crippen molar-refractivity contribution in [1.29, 1.82) is 0 Å². The largest absolute Gasteiger partial charge is 0.338 e. The maximum absolute atomic E-state index is 5.12. The first-order valence-corrected chi connectivity index (χ1v) is 5.88. The molecule has 5 heteroatoms. The van der Waals surface area contributed by atoms with Crippen LogP contribution >= 0.6 is 15.9 Å². The topological polar surface area (TPSA) is 51.0 Å². The van der Waals surface area contributed by atoms with Crippen LogP contribution in [0, 0.1) is 0 Å². The summed E-state index contributed by atoms with van der Waals surface area (Å²) in [6.07, 6.45) is 0. The van der Waals surface area contributed by atoms with Gasteiger partial charge in [0.1, 0.15) is 0 Å². The summed E-state index contributed by atoms with van der Waals surface area (Å²) in [5.41, 5.74) is 0.953. The van der Waals surface area contributed by atoms with Crippen LogP contribution in [0.3, 0.4) is 0 Å². The molecule has 0 aliphatic heterocycles. The van der Waals surface area contributed by atoms with Gasteiger partial charge in [0, 0.05) is 10.0 Å². The average molecular weight is 282 g/mol. The Morgan fingerprint density at radius 1 is 1.31 bits per heavy atom. The summed E-state index contributed by atoms with van der Waals surface area (Å²) >= 11 is 3.38. The van der Waals surface area contributed by atoms with Gasteiger partial charge < -0.3 is 9.84 Å². The van der Waals surface area contributed by atoms with Crippen LogP contribution in [0.15, 0.2) is 33.3 Å². The van der Waals surface area contributed by atoms with E-state index in [0.717, 1.165) is 16.6 Å². The van der Waals surface area contributed by atoms with Gasteiger partial charge in [0.2, 0.25) is 11.7 Å². The molecule has 0 aliphatic carbocycles. The van der Waals surface area contributed by atoms with Gasteiger partial charge in [-0.2, -0.15) is 4.98 Å². The van der Waals surface area contributed by atoms with Gasteiger partial charge >= 0.3 is 0 Å². The molecule has 0 spiro atoms. The molecule has 0 fully saturated rings. The van der Waals surface area contributed by atoms with Gasteiger partial charge in [0.15, 0.2) is 0 Å². The Morgan fingerprint density at radius 3 is 2.75 bits per heavy atom. The third-order valence-electron chi connectivity index (χ3n) is 2.10. The molecular formula is C11H12BrN3O. The Bertz CT molecular complexity index is 453. The van der Waals surface area contributed by atoms with Crippen molar-refractivity contribution in [1.82, 2.24) is 15.5 Å². The third-order valence-corrected chi connectivity index (χ3v) is 2.63. The maximum atomic E-state index is 5.12. The van der Waals surface area contributed by atoms with Crippen LogP contribution in [0.1, 0.15) is 12.8 Å². The van der Waals surface area contributed by atoms with Crippen LogP contribution in [0.2, 0.25) is 0 Å². The lowest BCUT2D eigenvalue weighted by atomic mass is 10.2. The van der Waals surface area contributed by atoms with Crippen molar-refractivity contribution in [2.45, 2.75) is 13.5 Å². The first kappa shape index (κ1) is 11.3. The first-order valence-electron chi connectivity index (χ1n) is 5.09. The lowest BCUT2D eigenvalue weighted by Crippen LogP contribution is -2.11. The predicted octanol–water partition coefficient (Wildman–Crippen LogP) is 2.61. The van der Waals surface area contributed by atoms with E-state index < -0.39 is 0 Å². The van der Waals surface area contributed by atoms with Crippen molar-refractivity contribution in [2.24, 2.45) is 0 Å². The molecule has 1 aromatic heterocycles. The van der Waals surface area contributed by atoms with Crippen LogP contribution in [-0.4, -0.2) is 16.7 Å². The van der Waals surface area contributed by atoms with E-state index in [2.05, 4.69) is 31.4 Å². The van der Waals surface area contributed by atoms with Crippen LogP contribution in [-0.2, 0) is 6.54 Å². The van der Waals surface area contributed by atoms with Gasteiger partial charge in [-0.15, -0.1) is 0 Å². The minimum absolute atomic E-state index is 0.611. The Balaban J connectivity index is 2.15. The van der Waals surface area contributed by atoms with Crippen molar-refractivity contribution in [3.8, 4) is 11.4 Å². The summed E-state index contributed by atoms with van der Waals surface area (Å²) in [5, 5.41) is 7.06. The van der Waals surface area contributed by atoms with E-state index in [1.54, 1.807) is 0 Å². The fourth-order valence-electron chi connectivity index (χ4n) is 1.27. The molecule has 2 rings (SSSR count). The molecule has 0 radical (unpaired) electrons. The van der Waals surface area contributed by atoms with E-state index in [9.17, 15) is 0 Å². The van der Waals surface area contributed by atoms with E-state index in [0.29, 0.717) is 18.3 Å². The van der Waals surface area contributed by atoms with Crippen molar-refractivity contribution in [3.63, 3.8) is 0 Å². The smallest absolute Gasteiger partial charge is 0.240 e. The van der Waals surface area contributed by atoms with Gasteiger partial charge in [-0.05, 0) is 30.8 Å². The molecule has 1 N–H and O–H groups in total. The van der Waals surface area contributed by atoms with Gasteiger partial charge in [0.05, 0.1) is 6.54 Å². The molecule has 0 aliphatic rings. The van der Waals surface area contributed by atoms with E-state index in [1.165, 1.54) is 0 Å². The minimum atomic E-state index is 0.611. The summed E-state index contributed by atoms with van der Waals surface area (Å²) in [4.78, 5) is 4.29. The van der Waals surface area contributed by atoms with Crippen LogP contribution < -0.4 is 5.32 Å². The fourth-order valence-corrected chi connectivity index (χ4v) is 1.54. The SMILES string of the molecule is CCNCc1nc(-c2ccc(Br)cc2)no1. The molecule has 1 aromatic carbocycles. The van der Waals surface area contributed by atoms with Crippen LogP contribution in [0.4, 0.5) is 0 Å². The van der Waals surface area contributed by atoms with Crippen molar-refractivity contribution >= 4 is 15.9 Å². The van der Waals surface area contributed by atoms with Gasteiger partial charge in [-0.3, -0.25) is 0 Å². The van der Waals surface area contributed by atoms with Gasteiger partial charge in [0.25, 0.3) is 0 Å². The molecule has 1 heterocycles.